The molecule has 138 valence electrons. The molecule has 0 radical (unpaired) electrons. The minimum atomic E-state index is -0.0622. The summed E-state index contributed by atoms with van der Waals surface area (Å²) in [6.45, 7) is 3.42. The van der Waals surface area contributed by atoms with Crippen LogP contribution in [0.25, 0.3) is 0 Å². The van der Waals surface area contributed by atoms with Crippen LogP contribution in [-0.4, -0.2) is 47.2 Å². The van der Waals surface area contributed by atoms with Gasteiger partial charge in [-0.25, -0.2) is 0 Å². The normalized spacial score (nSPS) is 20.1. The molecule has 7 heteroatoms. The second-order valence-electron chi connectivity index (χ2n) is 6.88. The highest BCUT2D eigenvalue weighted by Crippen LogP contribution is 2.26. The fourth-order valence-electron chi connectivity index (χ4n) is 3.53. The molecule has 1 N–H and O–H groups in total. The summed E-state index contributed by atoms with van der Waals surface area (Å²) in [6, 6.07) is 8.44. The molecule has 0 aliphatic carbocycles. The summed E-state index contributed by atoms with van der Waals surface area (Å²) in [5.74, 6) is 1.20. The Hall–Kier alpha value is -2.25. The van der Waals surface area contributed by atoms with Crippen molar-refractivity contribution < 1.29 is 14.1 Å². The highest BCUT2D eigenvalue weighted by molar-refractivity contribution is 5.78. The minimum Gasteiger partial charge on any atom is -0.368 e. The zero-order chi connectivity index (χ0) is 17.8. The van der Waals surface area contributed by atoms with E-state index < -0.39 is 0 Å². The van der Waals surface area contributed by atoms with Crippen LogP contribution >= 0.6 is 0 Å². The fraction of sp³-hybridized carbons (Fsp3) is 0.526. The molecule has 1 saturated heterocycles. The first-order valence-corrected chi connectivity index (χ1v) is 9.28. The smallest absolute Gasteiger partial charge is 0.255 e. The van der Waals surface area contributed by atoms with Gasteiger partial charge in [0.15, 0.2) is 5.82 Å². The summed E-state index contributed by atoms with van der Waals surface area (Å²) in [4.78, 5) is 18.7. The van der Waals surface area contributed by atoms with Crippen molar-refractivity contribution >= 4 is 5.91 Å². The van der Waals surface area contributed by atoms with E-state index in [0.29, 0.717) is 31.2 Å². The Balaban J connectivity index is 1.20. The topological polar surface area (TPSA) is 80.5 Å². The SMILES string of the molecule is O=C(CN1CCc2ccccc2C1)NCCc1noc([C@@H]2CCCO2)n1. The van der Waals surface area contributed by atoms with Crippen molar-refractivity contribution in [1.29, 1.82) is 0 Å². The number of amides is 1. The molecule has 1 fully saturated rings. The van der Waals surface area contributed by atoms with Gasteiger partial charge < -0.3 is 14.6 Å². The van der Waals surface area contributed by atoms with Gasteiger partial charge in [-0.05, 0) is 30.4 Å². The molecule has 7 nitrogen and oxygen atoms in total. The third-order valence-electron chi connectivity index (χ3n) is 4.94. The zero-order valence-electron chi connectivity index (χ0n) is 14.8. The number of rotatable bonds is 6. The van der Waals surface area contributed by atoms with Crippen LogP contribution in [0.4, 0.5) is 0 Å². The van der Waals surface area contributed by atoms with E-state index in [2.05, 4.69) is 44.6 Å². The molecule has 26 heavy (non-hydrogen) atoms. The molecule has 1 aromatic carbocycles. The minimum absolute atomic E-state index is 0.0345. The van der Waals surface area contributed by atoms with E-state index in [0.717, 1.165) is 39.0 Å². The van der Waals surface area contributed by atoms with E-state index in [1.165, 1.54) is 11.1 Å². The predicted octanol–water partition coefficient (Wildman–Crippen LogP) is 1.64. The van der Waals surface area contributed by atoms with Crippen LogP contribution in [0.15, 0.2) is 28.8 Å². The van der Waals surface area contributed by atoms with E-state index in [9.17, 15) is 4.79 Å². The molecular formula is C19H24N4O3. The van der Waals surface area contributed by atoms with Crippen molar-refractivity contribution in [1.82, 2.24) is 20.4 Å². The predicted molar refractivity (Wildman–Crippen MR) is 94.4 cm³/mol. The number of carbonyl (C=O) groups excluding carboxylic acids is 1. The van der Waals surface area contributed by atoms with Gasteiger partial charge in [-0.3, -0.25) is 9.69 Å². The number of nitrogens with zero attached hydrogens (tertiary/aromatic N) is 3. The third-order valence-corrected chi connectivity index (χ3v) is 4.94. The summed E-state index contributed by atoms with van der Waals surface area (Å²) < 4.78 is 10.8. The summed E-state index contributed by atoms with van der Waals surface area (Å²) in [7, 11) is 0. The Morgan fingerprint density at radius 2 is 2.19 bits per heavy atom. The Morgan fingerprint density at radius 3 is 3.04 bits per heavy atom. The van der Waals surface area contributed by atoms with Gasteiger partial charge in [0.1, 0.15) is 6.10 Å². The highest BCUT2D eigenvalue weighted by Gasteiger charge is 2.24. The molecule has 1 atom stereocenters. The first kappa shape index (κ1) is 17.2. The first-order chi connectivity index (χ1) is 12.8. The summed E-state index contributed by atoms with van der Waals surface area (Å²) in [5, 5.41) is 6.92. The van der Waals surface area contributed by atoms with Gasteiger partial charge in [-0.1, -0.05) is 29.4 Å². The van der Waals surface area contributed by atoms with Crippen LogP contribution in [0.5, 0.6) is 0 Å². The fourth-order valence-corrected chi connectivity index (χ4v) is 3.53. The molecule has 2 aromatic rings. The molecule has 1 aromatic heterocycles. The summed E-state index contributed by atoms with van der Waals surface area (Å²) in [6.07, 6.45) is 3.45. The van der Waals surface area contributed by atoms with Gasteiger partial charge in [0.05, 0.1) is 6.54 Å². The quantitative estimate of drug-likeness (QED) is 0.847. The monoisotopic (exact) mass is 356 g/mol. The zero-order valence-corrected chi connectivity index (χ0v) is 14.8. The average molecular weight is 356 g/mol. The number of fused-ring (bicyclic) bond motifs is 1. The highest BCUT2D eigenvalue weighted by atomic mass is 16.5. The maximum Gasteiger partial charge on any atom is 0.255 e. The van der Waals surface area contributed by atoms with E-state index in [1.54, 1.807) is 0 Å². The lowest BCUT2D eigenvalue weighted by molar-refractivity contribution is -0.122. The van der Waals surface area contributed by atoms with Crippen molar-refractivity contribution in [2.24, 2.45) is 0 Å². The maximum absolute atomic E-state index is 12.2. The van der Waals surface area contributed by atoms with Crippen LogP contribution in [0.1, 0.15) is 41.8 Å². The molecule has 1 amide bonds. The van der Waals surface area contributed by atoms with Crippen molar-refractivity contribution in [2.75, 3.05) is 26.2 Å². The van der Waals surface area contributed by atoms with Gasteiger partial charge in [0.2, 0.25) is 5.91 Å². The Bertz CT molecular complexity index is 755. The first-order valence-electron chi connectivity index (χ1n) is 9.28. The molecule has 4 rings (SSSR count). The number of nitrogens with one attached hydrogen (secondary N) is 1. The molecule has 0 saturated carbocycles. The van der Waals surface area contributed by atoms with Crippen LogP contribution in [0.2, 0.25) is 0 Å². The molecule has 0 unspecified atom stereocenters. The lowest BCUT2D eigenvalue weighted by Gasteiger charge is -2.28. The number of aromatic nitrogens is 2. The van der Waals surface area contributed by atoms with Crippen molar-refractivity contribution in [2.45, 2.75) is 38.3 Å². The van der Waals surface area contributed by atoms with Gasteiger partial charge >= 0.3 is 0 Å². The van der Waals surface area contributed by atoms with E-state index >= 15 is 0 Å². The number of ether oxygens (including phenoxy) is 1. The lowest BCUT2D eigenvalue weighted by atomic mass is 10.00. The molecule has 2 aliphatic heterocycles. The van der Waals surface area contributed by atoms with Crippen molar-refractivity contribution in [3.8, 4) is 0 Å². The summed E-state index contributed by atoms with van der Waals surface area (Å²) in [5.41, 5.74) is 2.71. The van der Waals surface area contributed by atoms with Crippen LogP contribution < -0.4 is 5.32 Å². The van der Waals surface area contributed by atoms with Crippen LogP contribution in [0.3, 0.4) is 0 Å². The summed E-state index contributed by atoms with van der Waals surface area (Å²) >= 11 is 0. The lowest BCUT2D eigenvalue weighted by Crippen LogP contribution is -2.40. The van der Waals surface area contributed by atoms with Crippen LogP contribution in [-0.2, 0) is 28.9 Å². The van der Waals surface area contributed by atoms with E-state index in [1.807, 2.05) is 0 Å². The molecule has 0 bridgehead atoms. The van der Waals surface area contributed by atoms with Crippen LogP contribution in [0, 0.1) is 0 Å². The number of hydrogen-bond donors (Lipinski definition) is 1. The van der Waals surface area contributed by atoms with E-state index in [-0.39, 0.29) is 12.0 Å². The third kappa shape index (κ3) is 4.11. The second-order valence-corrected chi connectivity index (χ2v) is 6.88. The largest absolute Gasteiger partial charge is 0.368 e. The van der Waals surface area contributed by atoms with Gasteiger partial charge in [-0.15, -0.1) is 0 Å². The van der Waals surface area contributed by atoms with Gasteiger partial charge in [-0.2, -0.15) is 4.98 Å². The number of hydrogen-bond acceptors (Lipinski definition) is 6. The molecule has 0 spiro atoms. The number of carbonyl (C=O) groups is 1. The maximum atomic E-state index is 12.2. The second kappa shape index (κ2) is 7.97. The Kier molecular flexibility index (Phi) is 5.26. The Morgan fingerprint density at radius 1 is 1.31 bits per heavy atom. The van der Waals surface area contributed by atoms with Crippen molar-refractivity contribution in [3.63, 3.8) is 0 Å². The van der Waals surface area contributed by atoms with E-state index in [4.69, 9.17) is 9.26 Å². The van der Waals surface area contributed by atoms with Gasteiger partial charge in [0.25, 0.3) is 5.89 Å². The number of benzene rings is 1. The molecule has 3 heterocycles. The standard InChI is InChI=1S/C19H24N4O3/c24-18(13-23-10-8-14-4-1-2-5-15(14)12-23)20-9-7-17-21-19(26-22-17)16-6-3-11-25-16/h1-2,4-5,16H,3,6-13H2,(H,20,24)/t16-/m0/s1. The van der Waals surface area contributed by atoms with Crippen molar-refractivity contribution in [3.05, 3.63) is 47.1 Å². The Labute approximate surface area is 152 Å². The molecule has 2 aliphatic rings. The van der Waals surface area contributed by atoms with Gasteiger partial charge in [0, 0.05) is 32.7 Å². The molecular weight excluding hydrogens is 332 g/mol. The average Bonchev–Trinajstić information content (AvgIpc) is 3.33.